The highest BCUT2D eigenvalue weighted by Gasteiger charge is 2.00. The fourth-order valence-corrected chi connectivity index (χ4v) is 2.74. The van der Waals surface area contributed by atoms with Crippen LogP contribution in [-0.4, -0.2) is 5.91 Å². The third-order valence-electron chi connectivity index (χ3n) is 2.95. The van der Waals surface area contributed by atoms with Gasteiger partial charge >= 0.3 is 0 Å². The van der Waals surface area contributed by atoms with Gasteiger partial charge < -0.3 is 5.32 Å². The van der Waals surface area contributed by atoms with E-state index in [2.05, 4.69) is 11.4 Å². The number of hydrogen-bond donors (Lipinski definition) is 1. The van der Waals surface area contributed by atoms with Gasteiger partial charge in [0.2, 0.25) is 5.91 Å². The number of amides is 1. The van der Waals surface area contributed by atoms with Crippen LogP contribution in [0.4, 0.5) is 5.69 Å². The van der Waals surface area contributed by atoms with E-state index in [-0.39, 0.29) is 5.91 Å². The number of nitrogens with one attached hydrogen (secondary N) is 1. The van der Waals surface area contributed by atoms with Gasteiger partial charge in [0.15, 0.2) is 0 Å². The number of thiophene rings is 1. The monoisotopic (exact) mass is 279 g/mol. The van der Waals surface area contributed by atoms with Gasteiger partial charge in [-0.2, -0.15) is 0 Å². The van der Waals surface area contributed by atoms with Crippen molar-refractivity contribution in [2.45, 2.75) is 0 Å². The molecule has 0 spiro atoms. The van der Waals surface area contributed by atoms with E-state index < -0.39 is 0 Å². The summed E-state index contributed by atoms with van der Waals surface area (Å²) in [6.45, 7) is 0. The molecule has 1 aromatic heterocycles. The maximum Gasteiger partial charge on any atom is 0.248 e. The lowest BCUT2D eigenvalue weighted by Crippen LogP contribution is -2.07. The largest absolute Gasteiger partial charge is 0.322 e. The molecule has 1 amide bonds. The molecule has 20 heavy (non-hydrogen) atoms. The molecular formula is C17H13NOS. The first-order valence-corrected chi connectivity index (χ1v) is 7.21. The lowest BCUT2D eigenvalue weighted by molar-refractivity contribution is -0.111. The van der Waals surface area contributed by atoms with Crippen LogP contribution >= 0.6 is 11.3 Å². The van der Waals surface area contributed by atoms with Crippen LogP contribution in [0.5, 0.6) is 0 Å². The summed E-state index contributed by atoms with van der Waals surface area (Å²) in [4.78, 5) is 11.9. The molecule has 3 aromatic rings. The Balaban J connectivity index is 1.70. The van der Waals surface area contributed by atoms with E-state index in [0.717, 1.165) is 16.6 Å². The quantitative estimate of drug-likeness (QED) is 0.700. The maximum absolute atomic E-state index is 11.9. The number of carbonyl (C=O) groups excluding carboxylic acids is 1. The van der Waals surface area contributed by atoms with Gasteiger partial charge in [-0.15, -0.1) is 11.3 Å². The molecule has 2 aromatic carbocycles. The highest BCUT2D eigenvalue weighted by molar-refractivity contribution is 7.17. The summed E-state index contributed by atoms with van der Waals surface area (Å²) in [5, 5.41) is 6.07. The van der Waals surface area contributed by atoms with E-state index in [1.165, 1.54) is 4.70 Å². The summed E-state index contributed by atoms with van der Waals surface area (Å²) in [5.41, 5.74) is 1.83. The molecule has 1 heterocycles. The molecule has 0 saturated heterocycles. The number of carbonyl (C=O) groups is 1. The van der Waals surface area contributed by atoms with E-state index in [1.807, 2.05) is 53.9 Å². The van der Waals surface area contributed by atoms with Gasteiger partial charge in [0.25, 0.3) is 0 Å². The van der Waals surface area contributed by atoms with E-state index in [0.29, 0.717) is 0 Å². The summed E-state index contributed by atoms with van der Waals surface area (Å²) >= 11 is 1.70. The van der Waals surface area contributed by atoms with Crippen LogP contribution in [0, 0.1) is 0 Å². The van der Waals surface area contributed by atoms with Gasteiger partial charge in [-0.25, -0.2) is 0 Å². The fraction of sp³-hybridized carbons (Fsp3) is 0. The van der Waals surface area contributed by atoms with E-state index in [4.69, 9.17) is 0 Å². The predicted molar refractivity (Wildman–Crippen MR) is 85.9 cm³/mol. The van der Waals surface area contributed by atoms with Crippen molar-refractivity contribution in [2.75, 3.05) is 5.32 Å². The molecule has 0 saturated carbocycles. The predicted octanol–water partition coefficient (Wildman–Crippen LogP) is 4.55. The Morgan fingerprint density at radius 3 is 2.75 bits per heavy atom. The van der Waals surface area contributed by atoms with Crippen LogP contribution in [0.2, 0.25) is 0 Å². The van der Waals surface area contributed by atoms with Gasteiger partial charge in [0, 0.05) is 16.5 Å². The van der Waals surface area contributed by atoms with Gasteiger partial charge in [-0.05, 0) is 46.7 Å². The first-order valence-electron chi connectivity index (χ1n) is 6.33. The molecule has 0 radical (unpaired) electrons. The minimum Gasteiger partial charge on any atom is -0.322 e. The SMILES string of the molecule is O=C(C=Cc1ccccc1)Nc1ccc2sccc2c1. The molecule has 98 valence electrons. The van der Waals surface area contributed by atoms with Gasteiger partial charge in [0.1, 0.15) is 0 Å². The number of rotatable bonds is 3. The van der Waals surface area contributed by atoms with Gasteiger partial charge in [0.05, 0.1) is 0 Å². The molecule has 3 rings (SSSR count). The number of fused-ring (bicyclic) bond motifs is 1. The minimum atomic E-state index is -0.122. The normalized spacial score (nSPS) is 11.0. The van der Waals surface area contributed by atoms with Crippen LogP contribution < -0.4 is 5.32 Å². The van der Waals surface area contributed by atoms with Crippen LogP contribution in [0.15, 0.2) is 66.1 Å². The molecule has 3 heteroatoms. The summed E-state index contributed by atoms with van der Waals surface area (Å²) in [6.07, 6.45) is 3.35. The standard InChI is InChI=1S/C17H13NOS/c19-17(9-6-13-4-2-1-3-5-13)18-15-7-8-16-14(12-15)10-11-20-16/h1-12H,(H,18,19). The van der Waals surface area contributed by atoms with Crippen LogP contribution in [-0.2, 0) is 4.79 Å². The van der Waals surface area contributed by atoms with Crippen molar-refractivity contribution in [3.63, 3.8) is 0 Å². The smallest absolute Gasteiger partial charge is 0.248 e. The zero-order valence-electron chi connectivity index (χ0n) is 10.7. The second kappa shape index (κ2) is 5.72. The average Bonchev–Trinajstić information content (AvgIpc) is 2.94. The number of anilines is 1. The van der Waals surface area contributed by atoms with E-state index in [1.54, 1.807) is 23.5 Å². The molecule has 0 bridgehead atoms. The Morgan fingerprint density at radius 2 is 1.90 bits per heavy atom. The summed E-state index contributed by atoms with van der Waals surface area (Å²) in [7, 11) is 0. The first-order chi connectivity index (χ1) is 9.81. The average molecular weight is 279 g/mol. The lowest BCUT2D eigenvalue weighted by atomic mass is 10.2. The molecule has 0 unspecified atom stereocenters. The van der Waals surface area contributed by atoms with Crippen LogP contribution in [0.3, 0.4) is 0 Å². The van der Waals surface area contributed by atoms with Crippen molar-refractivity contribution in [2.24, 2.45) is 0 Å². The van der Waals surface area contributed by atoms with Crippen molar-refractivity contribution in [3.05, 3.63) is 71.6 Å². The minimum absolute atomic E-state index is 0.122. The maximum atomic E-state index is 11.9. The van der Waals surface area contributed by atoms with Crippen LogP contribution in [0.25, 0.3) is 16.2 Å². The summed E-state index contributed by atoms with van der Waals surface area (Å²) < 4.78 is 1.22. The summed E-state index contributed by atoms with van der Waals surface area (Å²) in [6, 6.07) is 17.7. The van der Waals surface area contributed by atoms with Crippen LogP contribution in [0.1, 0.15) is 5.56 Å². The molecule has 1 N–H and O–H groups in total. The fourth-order valence-electron chi connectivity index (χ4n) is 1.96. The van der Waals surface area contributed by atoms with Crippen molar-refractivity contribution in [1.82, 2.24) is 0 Å². The van der Waals surface area contributed by atoms with Crippen molar-refractivity contribution >= 4 is 39.1 Å². The molecule has 0 atom stereocenters. The molecule has 0 aliphatic carbocycles. The third kappa shape index (κ3) is 2.95. The molecule has 0 aliphatic rings. The Kier molecular flexibility index (Phi) is 3.61. The zero-order valence-corrected chi connectivity index (χ0v) is 11.6. The second-order valence-corrected chi connectivity index (χ2v) is 5.35. The molecule has 0 fully saturated rings. The molecule has 0 aliphatic heterocycles. The Hall–Kier alpha value is -2.39. The van der Waals surface area contributed by atoms with Crippen molar-refractivity contribution in [3.8, 4) is 0 Å². The third-order valence-corrected chi connectivity index (χ3v) is 3.84. The van der Waals surface area contributed by atoms with E-state index >= 15 is 0 Å². The summed E-state index contributed by atoms with van der Waals surface area (Å²) in [5.74, 6) is -0.122. The van der Waals surface area contributed by atoms with Crippen molar-refractivity contribution in [1.29, 1.82) is 0 Å². The topological polar surface area (TPSA) is 29.1 Å². The highest BCUT2D eigenvalue weighted by Crippen LogP contribution is 2.23. The Labute approximate surface area is 121 Å². The molecular weight excluding hydrogens is 266 g/mol. The number of benzene rings is 2. The van der Waals surface area contributed by atoms with Crippen molar-refractivity contribution < 1.29 is 4.79 Å². The van der Waals surface area contributed by atoms with Gasteiger partial charge in [-0.3, -0.25) is 4.79 Å². The second-order valence-electron chi connectivity index (χ2n) is 4.41. The number of hydrogen-bond acceptors (Lipinski definition) is 2. The highest BCUT2D eigenvalue weighted by atomic mass is 32.1. The van der Waals surface area contributed by atoms with E-state index in [9.17, 15) is 4.79 Å². The Morgan fingerprint density at radius 1 is 1.05 bits per heavy atom. The molecule has 2 nitrogen and oxygen atoms in total. The Bertz CT molecular complexity index is 759. The van der Waals surface area contributed by atoms with Gasteiger partial charge in [-0.1, -0.05) is 30.3 Å². The first kappa shape index (κ1) is 12.6. The lowest BCUT2D eigenvalue weighted by Gasteiger charge is -2.02. The zero-order chi connectivity index (χ0) is 13.8.